The molecule has 0 radical (unpaired) electrons. The van der Waals surface area contributed by atoms with E-state index in [0.29, 0.717) is 6.42 Å². The number of nitrogens with zero attached hydrogens (tertiary/aromatic N) is 1. The summed E-state index contributed by atoms with van der Waals surface area (Å²) < 4.78 is 31.6. The van der Waals surface area contributed by atoms with E-state index in [1.807, 2.05) is 6.92 Å². The van der Waals surface area contributed by atoms with Crippen molar-refractivity contribution >= 4 is 0 Å². The molecule has 1 rings (SSSR count). The van der Waals surface area contributed by atoms with Crippen molar-refractivity contribution in [3.05, 3.63) is 29.3 Å². The molecule has 0 N–H and O–H groups in total. The fourth-order valence-corrected chi connectivity index (χ4v) is 1.02. The second kappa shape index (κ2) is 4.74. The van der Waals surface area contributed by atoms with E-state index in [2.05, 4.69) is 0 Å². The molecule has 1 atom stereocenters. The molecule has 2 nitrogen and oxygen atoms in total. The molecule has 0 unspecified atom stereocenters. The SMILES string of the molecule is CC[C@H](C)Oc1c(F)cc(C#N)cc1F. The van der Waals surface area contributed by atoms with Gasteiger partial charge < -0.3 is 4.74 Å². The largest absolute Gasteiger partial charge is 0.485 e. The minimum atomic E-state index is -0.841. The van der Waals surface area contributed by atoms with Gasteiger partial charge in [-0.05, 0) is 25.5 Å². The highest BCUT2D eigenvalue weighted by atomic mass is 19.1. The molecule has 4 heteroatoms. The number of halogens is 2. The number of hydrogen-bond donors (Lipinski definition) is 0. The number of rotatable bonds is 3. The molecule has 0 saturated heterocycles. The van der Waals surface area contributed by atoms with Crippen LogP contribution < -0.4 is 4.74 Å². The Bertz CT molecular complexity index is 375. The minimum Gasteiger partial charge on any atom is -0.485 e. The van der Waals surface area contributed by atoms with E-state index in [4.69, 9.17) is 10.00 Å². The molecule has 0 fully saturated rings. The highest BCUT2D eigenvalue weighted by Gasteiger charge is 2.14. The van der Waals surface area contributed by atoms with Crippen molar-refractivity contribution in [3.63, 3.8) is 0 Å². The van der Waals surface area contributed by atoms with E-state index >= 15 is 0 Å². The Morgan fingerprint density at radius 3 is 2.33 bits per heavy atom. The first-order valence-electron chi connectivity index (χ1n) is 4.64. The molecule has 0 aliphatic heterocycles. The molecule has 0 amide bonds. The van der Waals surface area contributed by atoms with Crippen molar-refractivity contribution < 1.29 is 13.5 Å². The Balaban J connectivity index is 3.04. The number of nitriles is 1. The van der Waals surface area contributed by atoms with Crippen LogP contribution in [0.15, 0.2) is 12.1 Å². The molecule has 0 bridgehead atoms. The summed E-state index contributed by atoms with van der Waals surface area (Å²) in [4.78, 5) is 0. The normalized spacial score (nSPS) is 11.9. The zero-order valence-electron chi connectivity index (χ0n) is 8.55. The lowest BCUT2D eigenvalue weighted by Gasteiger charge is -2.13. The van der Waals surface area contributed by atoms with Gasteiger partial charge in [0, 0.05) is 0 Å². The molecule has 1 aromatic rings. The number of ether oxygens (including phenoxy) is 1. The second-order valence-electron chi connectivity index (χ2n) is 3.22. The Morgan fingerprint density at radius 1 is 1.40 bits per heavy atom. The molecule has 15 heavy (non-hydrogen) atoms. The third-order valence-corrected chi connectivity index (χ3v) is 2.02. The molecule has 0 aliphatic carbocycles. The first kappa shape index (κ1) is 11.4. The van der Waals surface area contributed by atoms with Crippen molar-refractivity contribution in [1.82, 2.24) is 0 Å². The first-order chi connectivity index (χ1) is 7.08. The monoisotopic (exact) mass is 211 g/mol. The van der Waals surface area contributed by atoms with Gasteiger partial charge in [-0.25, -0.2) is 8.78 Å². The summed E-state index contributed by atoms with van der Waals surface area (Å²) in [6, 6.07) is 3.59. The van der Waals surface area contributed by atoms with E-state index in [1.54, 1.807) is 13.0 Å². The van der Waals surface area contributed by atoms with Crippen molar-refractivity contribution in [2.45, 2.75) is 26.4 Å². The Kier molecular flexibility index (Phi) is 3.62. The van der Waals surface area contributed by atoms with Gasteiger partial charge in [-0.3, -0.25) is 0 Å². The van der Waals surface area contributed by atoms with Crippen LogP contribution in [0.3, 0.4) is 0 Å². The molecular weight excluding hydrogens is 200 g/mol. The predicted molar refractivity (Wildman–Crippen MR) is 51.5 cm³/mol. The maximum Gasteiger partial charge on any atom is 0.191 e. The quantitative estimate of drug-likeness (QED) is 0.769. The fourth-order valence-electron chi connectivity index (χ4n) is 1.02. The fraction of sp³-hybridized carbons (Fsp3) is 0.364. The summed E-state index contributed by atoms with van der Waals surface area (Å²) in [6.07, 6.45) is 0.390. The predicted octanol–water partition coefficient (Wildman–Crippen LogP) is 3.01. The van der Waals surface area contributed by atoms with Crippen LogP contribution in [0.2, 0.25) is 0 Å². The molecule has 0 aliphatic rings. The Hall–Kier alpha value is -1.63. The Morgan fingerprint density at radius 2 is 1.93 bits per heavy atom. The summed E-state index contributed by atoms with van der Waals surface area (Å²) in [5.74, 6) is -2.10. The second-order valence-corrected chi connectivity index (χ2v) is 3.22. The van der Waals surface area contributed by atoms with Gasteiger partial charge in [0.25, 0.3) is 0 Å². The van der Waals surface area contributed by atoms with Crippen LogP contribution in [-0.2, 0) is 0 Å². The van der Waals surface area contributed by atoms with Gasteiger partial charge in [0.15, 0.2) is 17.4 Å². The molecule has 0 saturated carbocycles. The standard InChI is InChI=1S/C11H11F2NO/c1-3-7(2)15-11-9(12)4-8(6-14)5-10(11)13/h4-5,7H,3H2,1-2H3/t7-/m0/s1. The average molecular weight is 211 g/mol. The van der Waals surface area contributed by atoms with Crippen LogP contribution in [0.1, 0.15) is 25.8 Å². The third-order valence-electron chi connectivity index (χ3n) is 2.02. The van der Waals surface area contributed by atoms with Crippen LogP contribution >= 0.6 is 0 Å². The lowest BCUT2D eigenvalue weighted by atomic mass is 10.2. The zero-order chi connectivity index (χ0) is 11.4. The van der Waals surface area contributed by atoms with Crippen LogP contribution in [-0.4, -0.2) is 6.10 Å². The average Bonchev–Trinajstić information content (AvgIpc) is 2.22. The van der Waals surface area contributed by atoms with Crippen molar-refractivity contribution in [1.29, 1.82) is 5.26 Å². The number of benzene rings is 1. The molecule has 0 aromatic heterocycles. The lowest BCUT2D eigenvalue weighted by molar-refractivity contribution is 0.197. The van der Waals surface area contributed by atoms with E-state index in [1.165, 1.54) is 0 Å². The van der Waals surface area contributed by atoms with Crippen molar-refractivity contribution in [2.24, 2.45) is 0 Å². The van der Waals surface area contributed by atoms with Crippen LogP contribution in [0.5, 0.6) is 5.75 Å². The van der Waals surface area contributed by atoms with E-state index in [9.17, 15) is 8.78 Å². The minimum absolute atomic E-state index is 0.0542. The summed E-state index contributed by atoms with van der Waals surface area (Å²) in [5.41, 5.74) is -0.0542. The van der Waals surface area contributed by atoms with Crippen molar-refractivity contribution in [3.8, 4) is 11.8 Å². The summed E-state index contributed by atoms with van der Waals surface area (Å²) in [5, 5.41) is 8.48. The zero-order valence-corrected chi connectivity index (χ0v) is 8.55. The van der Waals surface area contributed by atoms with Gasteiger partial charge in [0.05, 0.1) is 17.7 Å². The molecule has 1 aromatic carbocycles. The van der Waals surface area contributed by atoms with Crippen molar-refractivity contribution in [2.75, 3.05) is 0 Å². The van der Waals surface area contributed by atoms with E-state index < -0.39 is 17.4 Å². The van der Waals surface area contributed by atoms with Gasteiger partial charge in [-0.15, -0.1) is 0 Å². The highest BCUT2D eigenvalue weighted by molar-refractivity contribution is 5.37. The topological polar surface area (TPSA) is 33.0 Å². The third kappa shape index (κ3) is 2.66. The van der Waals surface area contributed by atoms with Gasteiger partial charge in [-0.2, -0.15) is 5.26 Å². The summed E-state index contributed by atoms with van der Waals surface area (Å²) in [7, 11) is 0. The van der Waals surface area contributed by atoms with Gasteiger partial charge in [-0.1, -0.05) is 6.92 Å². The van der Waals surface area contributed by atoms with Crippen LogP contribution in [0, 0.1) is 23.0 Å². The molecule has 0 heterocycles. The maximum absolute atomic E-state index is 13.3. The van der Waals surface area contributed by atoms with E-state index in [0.717, 1.165) is 12.1 Å². The van der Waals surface area contributed by atoms with E-state index in [-0.39, 0.29) is 11.7 Å². The summed E-state index contributed by atoms with van der Waals surface area (Å²) >= 11 is 0. The van der Waals surface area contributed by atoms with Crippen LogP contribution in [0.25, 0.3) is 0 Å². The Labute approximate surface area is 87.1 Å². The first-order valence-corrected chi connectivity index (χ1v) is 4.64. The maximum atomic E-state index is 13.3. The van der Waals surface area contributed by atoms with Gasteiger partial charge >= 0.3 is 0 Å². The molecular formula is C11H11F2NO. The van der Waals surface area contributed by atoms with Crippen LogP contribution in [0.4, 0.5) is 8.78 Å². The van der Waals surface area contributed by atoms with Gasteiger partial charge in [0.1, 0.15) is 0 Å². The smallest absolute Gasteiger partial charge is 0.191 e. The lowest BCUT2D eigenvalue weighted by Crippen LogP contribution is -2.12. The molecule has 80 valence electrons. The van der Waals surface area contributed by atoms with Gasteiger partial charge in [0.2, 0.25) is 0 Å². The number of hydrogen-bond acceptors (Lipinski definition) is 2. The molecule has 0 spiro atoms. The highest BCUT2D eigenvalue weighted by Crippen LogP contribution is 2.24. The summed E-state index contributed by atoms with van der Waals surface area (Å²) in [6.45, 7) is 3.57.